The molecule has 1 heterocycles. The number of hydrogen-bond acceptors (Lipinski definition) is 3. The van der Waals surface area contributed by atoms with E-state index in [1.807, 2.05) is 44.4 Å². The van der Waals surface area contributed by atoms with E-state index in [4.69, 9.17) is 0 Å². The first-order valence-electron chi connectivity index (χ1n) is 9.78. The van der Waals surface area contributed by atoms with Crippen molar-refractivity contribution in [1.82, 2.24) is 0 Å². The predicted octanol–water partition coefficient (Wildman–Crippen LogP) is 5.71. The molecule has 1 aliphatic carbocycles. The summed E-state index contributed by atoms with van der Waals surface area (Å²) in [7, 11) is 0. The standard InChI is InChI=1S/C24H24FNO2S/c1-24(2)13-20-23(21(27)14-24)19(15-7-9-18(29-3)10-8-15)12-22(28)26(20)17-6-4-5-16(25)11-17/h4-11,19H,12-14H2,1-3H3. The summed E-state index contributed by atoms with van der Waals surface area (Å²) in [6, 6.07) is 14.1. The van der Waals surface area contributed by atoms with Crippen molar-refractivity contribution in [1.29, 1.82) is 0 Å². The number of amides is 1. The Morgan fingerprint density at radius 1 is 1.07 bits per heavy atom. The van der Waals surface area contributed by atoms with Gasteiger partial charge in [0.15, 0.2) is 5.78 Å². The van der Waals surface area contributed by atoms with E-state index in [0.29, 0.717) is 24.1 Å². The molecule has 4 rings (SSSR count). The number of nitrogens with zero attached hydrogens (tertiary/aromatic N) is 1. The fourth-order valence-corrected chi connectivity index (χ4v) is 4.86. The normalized spacial score (nSPS) is 21.4. The van der Waals surface area contributed by atoms with Crippen LogP contribution in [0, 0.1) is 11.2 Å². The molecule has 150 valence electrons. The second-order valence-corrected chi connectivity index (χ2v) is 9.42. The first-order chi connectivity index (χ1) is 13.8. The van der Waals surface area contributed by atoms with Crippen LogP contribution >= 0.6 is 11.8 Å². The van der Waals surface area contributed by atoms with E-state index in [-0.39, 0.29) is 29.4 Å². The molecule has 5 heteroatoms. The summed E-state index contributed by atoms with van der Waals surface area (Å²) in [5.74, 6) is -0.654. The van der Waals surface area contributed by atoms with Crippen molar-refractivity contribution in [3.63, 3.8) is 0 Å². The Balaban J connectivity index is 1.87. The van der Waals surface area contributed by atoms with Crippen LogP contribution in [0.1, 0.15) is 44.6 Å². The van der Waals surface area contributed by atoms with Crippen molar-refractivity contribution in [2.45, 2.75) is 43.9 Å². The molecule has 0 radical (unpaired) electrons. The third-order valence-corrected chi connectivity index (χ3v) is 6.47. The lowest BCUT2D eigenvalue weighted by Crippen LogP contribution is -2.43. The fourth-order valence-electron chi connectivity index (χ4n) is 4.45. The molecule has 0 saturated carbocycles. The molecular formula is C24H24FNO2S. The maximum absolute atomic E-state index is 13.9. The van der Waals surface area contributed by atoms with Crippen LogP contribution in [-0.2, 0) is 9.59 Å². The summed E-state index contributed by atoms with van der Waals surface area (Å²) >= 11 is 1.66. The Morgan fingerprint density at radius 3 is 2.45 bits per heavy atom. The van der Waals surface area contributed by atoms with Gasteiger partial charge >= 0.3 is 0 Å². The number of benzene rings is 2. The van der Waals surface area contributed by atoms with Gasteiger partial charge in [0.25, 0.3) is 0 Å². The zero-order valence-corrected chi connectivity index (χ0v) is 17.7. The quantitative estimate of drug-likeness (QED) is 0.609. The van der Waals surface area contributed by atoms with Gasteiger partial charge in [-0.1, -0.05) is 32.0 Å². The number of allylic oxidation sites excluding steroid dienone is 2. The van der Waals surface area contributed by atoms with Crippen molar-refractivity contribution in [2.24, 2.45) is 5.41 Å². The molecule has 0 fully saturated rings. The van der Waals surface area contributed by atoms with Gasteiger partial charge in [0.2, 0.25) is 5.91 Å². The second kappa shape index (κ2) is 7.45. The summed E-state index contributed by atoms with van der Waals surface area (Å²) < 4.78 is 13.9. The Morgan fingerprint density at radius 2 is 1.79 bits per heavy atom. The van der Waals surface area contributed by atoms with Gasteiger partial charge in [-0.2, -0.15) is 0 Å². The van der Waals surface area contributed by atoms with Gasteiger partial charge in [-0.3, -0.25) is 14.5 Å². The van der Waals surface area contributed by atoms with Crippen LogP contribution in [0.15, 0.2) is 64.7 Å². The van der Waals surface area contributed by atoms with E-state index < -0.39 is 5.82 Å². The first-order valence-corrected chi connectivity index (χ1v) is 11.0. The molecule has 1 aliphatic heterocycles. The molecular weight excluding hydrogens is 385 g/mol. The zero-order valence-electron chi connectivity index (χ0n) is 16.9. The smallest absolute Gasteiger partial charge is 0.232 e. The summed E-state index contributed by atoms with van der Waals surface area (Å²) in [4.78, 5) is 29.2. The highest BCUT2D eigenvalue weighted by Gasteiger charge is 2.44. The predicted molar refractivity (Wildman–Crippen MR) is 115 cm³/mol. The summed E-state index contributed by atoms with van der Waals surface area (Å²) in [5.41, 5.74) is 2.67. The van der Waals surface area contributed by atoms with Crippen LogP contribution in [0.3, 0.4) is 0 Å². The van der Waals surface area contributed by atoms with Gasteiger partial charge in [-0.25, -0.2) is 4.39 Å². The number of carbonyl (C=O) groups is 2. The Hall–Kier alpha value is -2.40. The zero-order chi connectivity index (χ0) is 20.8. The number of Topliss-reactive ketones (excluding diaryl/α,β-unsaturated/α-hetero) is 1. The molecule has 2 aliphatic rings. The van der Waals surface area contributed by atoms with E-state index in [1.54, 1.807) is 28.8 Å². The average molecular weight is 410 g/mol. The number of rotatable bonds is 3. The highest BCUT2D eigenvalue weighted by Crippen LogP contribution is 2.48. The third-order valence-electron chi connectivity index (χ3n) is 5.73. The molecule has 29 heavy (non-hydrogen) atoms. The molecule has 0 spiro atoms. The number of hydrogen-bond donors (Lipinski definition) is 0. The van der Waals surface area contributed by atoms with Gasteiger partial charge in [0, 0.05) is 34.9 Å². The minimum atomic E-state index is -0.395. The molecule has 3 nitrogen and oxygen atoms in total. The van der Waals surface area contributed by atoms with Crippen molar-refractivity contribution in [3.05, 3.63) is 71.2 Å². The third kappa shape index (κ3) is 3.76. The van der Waals surface area contributed by atoms with Gasteiger partial charge < -0.3 is 0 Å². The van der Waals surface area contributed by atoms with Crippen LogP contribution in [0.5, 0.6) is 0 Å². The van der Waals surface area contributed by atoms with Gasteiger partial charge in [-0.05, 0) is 54.0 Å². The van der Waals surface area contributed by atoms with Gasteiger partial charge in [-0.15, -0.1) is 11.8 Å². The maximum atomic E-state index is 13.9. The van der Waals surface area contributed by atoms with Crippen LogP contribution in [0.4, 0.5) is 10.1 Å². The lowest BCUT2D eigenvalue weighted by Gasteiger charge is -2.43. The summed E-state index contributed by atoms with van der Waals surface area (Å²) in [6.07, 6.45) is 3.29. The number of carbonyl (C=O) groups excluding carboxylic acids is 2. The molecule has 2 aromatic rings. The Labute approximate surface area is 175 Å². The number of halogens is 1. The van der Waals surface area contributed by atoms with Crippen molar-refractivity contribution in [3.8, 4) is 0 Å². The molecule has 0 aromatic heterocycles. The highest BCUT2D eigenvalue weighted by atomic mass is 32.2. The first kappa shape index (κ1) is 19.9. The molecule has 1 amide bonds. The van der Waals surface area contributed by atoms with Crippen molar-refractivity contribution >= 4 is 29.1 Å². The molecule has 0 saturated heterocycles. The van der Waals surface area contributed by atoms with E-state index in [2.05, 4.69) is 0 Å². The fraction of sp³-hybridized carbons (Fsp3) is 0.333. The van der Waals surface area contributed by atoms with Crippen molar-refractivity contribution in [2.75, 3.05) is 11.2 Å². The minimum absolute atomic E-state index is 0.0871. The van der Waals surface area contributed by atoms with E-state index in [9.17, 15) is 14.0 Å². The van der Waals surface area contributed by atoms with E-state index in [0.717, 1.165) is 16.2 Å². The summed E-state index contributed by atoms with van der Waals surface area (Å²) in [6.45, 7) is 4.08. The van der Waals surface area contributed by atoms with Crippen molar-refractivity contribution < 1.29 is 14.0 Å². The Kier molecular flexibility index (Phi) is 5.11. The minimum Gasteiger partial charge on any atom is -0.294 e. The number of thioether (sulfide) groups is 1. The van der Waals surface area contributed by atoms with E-state index >= 15 is 0 Å². The molecule has 0 bridgehead atoms. The van der Waals surface area contributed by atoms with Crippen LogP contribution in [-0.4, -0.2) is 17.9 Å². The largest absolute Gasteiger partial charge is 0.294 e. The summed E-state index contributed by atoms with van der Waals surface area (Å²) in [5, 5.41) is 0. The lowest BCUT2D eigenvalue weighted by atomic mass is 9.69. The van der Waals surface area contributed by atoms with E-state index in [1.165, 1.54) is 12.1 Å². The van der Waals surface area contributed by atoms with Gasteiger partial charge in [0.1, 0.15) is 5.82 Å². The highest BCUT2D eigenvalue weighted by molar-refractivity contribution is 7.98. The van der Waals surface area contributed by atoms with Crippen LogP contribution in [0.25, 0.3) is 0 Å². The molecule has 2 aromatic carbocycles. The molecule has 1 unspecified atom stereocenters. The SMILES string of the molecule is CSc1ccc(C2CC(=O)N(c3cccc(F)c3)C3=C2C(=O)CC(C)(C)C3)cc1. The van der Waals surface area contributed by atoms with Crippen LogP contribution < -0.4 is 4.90 Å². The maximum Gasteiger partial charge on any atom is 0.232 e. The number of ketones is 1. The van der Waals surface area contributed by atoms with Gasteiger partial charge in [0.05, 0.1) is 5.69 Å². The topological polar surface area (TPSA) is 37.4 Å². The lowest BCUT2D eigenvalue weighted by molar-refractivity contribution is -0.121. The molecule has 0 N–H and O–H groups in total. The second-order valence-electron chi connectivity index (χ2n) is 8.54. The molecule has 1 atom stereocenters. The number of anilines is 1. The average Bonchev–Trinajstić information content (AvgIpc) is 2.66. The van der Waals surface area contributed by atoms with Crippen LogP contribution in [0.2, 0.25) is 0 Å². The monoisotopic (exact) mass is 409 g/mol. The Bertz CT molecular complexity index is 1010.